The summed E-state index contributed by atoms with van der Waals surface area (Å²) in [6.45, 7) is 0.316. The lowest BCUT2D eigenvalue weighted by Crippen LogP contribution is -2.22. The van der Waals surface area contributed by atoms with Crippen molar-refractivity contribution in [1.82, 2.24) is 25.3 Å². The quantitative estimate of drug-likeness (QED) is 0.625. The van der Waals surface area contributed by atoms with E-state index in [1.807, 2.05) is 54.6 Å². The molecule has 0 saturated carbocycles. The first-order valence-corrected chi connectivity index (χ1v) is 7.88. The minimum Gasteiger partial charge on any atom is -0.346 e. The molecule has 2 aromatic heterocycles. The zero-order valence-electron chi connectivity index (χ0n) is 13.3. The van der Waals surface area contributed by atoms with Crippen molar-refractivity contribution in [2.45, 2.75) is 6.54 Å². The van der Waals surface area contributed by atoms with Gasteiger partial charge in [-0.15, -0.1) is 5.10 Å². The Morgan fingerprint density at radius 3 is 2.64 bits per heavy atom. The highest BCUT2D eigenvalue weighted by atomic mass is 16.1. The number of pyridine rings is 1. The monoisotopic (exact) mass is 329 g/mol. The average molecular weight is 329 g/mol. The van der Waals surface area contributed by atoms with Crippen LogP contribution in [-0.4, -0.2) is 25.9 Å². The van der Waals surface area contributed by atoms with Crippen molar-refractivity contribution in [3.05, 3.63) is 84.4 Å². The van der Waals surface area contributed by atoms with Crippen molar-refractivity contribution in [3.63, 3.8) is 0 Å². The van der Waals surface area contributed by atoms with E-state index in [1.165, 1.54) is 0 Å². The normalized spacial score (nSPS) is 10.7. The number of carbonyl (C=O) groups is 1. The van der Waals surface area contributed by atoms with Crippen LogP contribution in [0.1, 0.15) is 16.1 Å². The molecule has 4 aromatic rings. The molecular formula is C19H15N5O. The second-order valence-electron chi connectivity index (χ2n) is 5.60. The van der Waals surface area contributed by atoms with Gasteiger partial charge in [0.25, 0.3) is 5.91 Å². The first kappa shape index (κ1) is 15.0. The SMILES string of the molecule is O=C(NCc1cn(-c2ccncc2)nn1)c1ccc2ccccc2c1. The fourth-order valence-electron chi connectivity index (χ4n) is 2.61. The zero-order chi connectivity index (χ0) is 17.1. The predicted octanol–water partition coefficient (Wildman–Crippen LogP) is 2.75. The molecule has 1 amide bonds. The van der Waals surface area contributed by atoms with E-state index in [2.05, 4.69) is 20.6 Å². The molecule has 0 fully saturated rings. The molecule has 6 nitrogen and oxygen atoms in total. The Labute approximate surface area is 144 Å². The third-order valence-corrected chi connectivity index (χ3v) is 3.91. The summed E-state index contributed by atoms with van der Waals surface area (Å²) in [5.41, 5.74) is 2.18. The molecule has 0 aliphatic rings. The number of nitrogens with zero attached hydrogens (tertiary/aromatic N) is 4. The second-order valence-corrected chi connectivity index (χ2v) is 5.60. The third-order valence-electron chi connectivity index (χ3n) is 3.91. The van der Waals surface area contributed by atoms with E-state index >= 15 is 0 Å². The molecule has 2 aromatic carbocycles. The maximum atomic E-state index is 12.4. The van der Waals surface area contributed by atoms with Crippen molar-refractivity contribution >= 4 is 16.7 Å². The number of fused-ring (bicyclic) bond motifs is 1. The van der Waals surface area contributed by atoms with Gasteiger partial charge in [0.05, 0.1) is 18.4 Å². The summed E-state index contributed by atoms with van der Waals surface area (Å²) < 4.78 is 1.65. The van der Waals surface area contributed by atoms with Crippen LogP contribution in [0.25, 0.3) is 16.5 Å². The van der Waals surface area contributed by atoms with Gasteiger partial charge in [-0.25, -0.2) is 4.68 Å². The summed E-state index contributed by atoms with van der Waals surface area (Å²) in [6.07, 6.45) is 5.17. The van der Waals surface area contributed by atoms with E-state index in [0.717, 1.165) is 16.5 Å². The minimum absolute atomic E-state index is 0.135. The van der Waals surface area contributed by atoms with E-state index in [9.17, 15) is 4.79 Å². The lowest BCUT2D eigenvalue weighted by atomic mass is 10.1. The molecule has 6 heteroatoms. The van der Waals surface area contributed by atoms with Crippen molar-refractivity contribution in [2.75, 3.05) is 0 Å². The second kappa shape index (κ2) is 6.52. The fourth-order valence-corrected chi connectivity index (χ4v) is 2.61. The number of amides is 1. The van der Waals surface area contributed by atoms with Gasteiger partial charge in [0.2, 0.25) is 0 Å². The van der Waals surface area contributed by atoms with Crippen LogP contribution < -0.4 is 5.32 Å². The third kappa shape index (κ3) is 3.23. The fraction of sp³-hybridized carbons (Fsp3) is 0.0526. The number of benzene rings is 2. The molecule has 0 atom stereocenters. The van der Waals surface area contributed by atoms with Gasteiger partial charge in [0.1, 0.15) is 5.69 Å². The molecule has 122 valence electrons. The summed E-state index contributed by atoms with van der Waals surface area (Å²) in [6, 6.07) is 17.3. The zero-order valence-corrected chi connectivity index (χ0v) is 13.3. The number of hydrogen-bond acceptors (Lipinski definition) is 4. The number of nitrogens with one attached hydrogen (secondary N) is 1. The molecule has 2 heterocycles. The van der Waals surface area contributed by atoms with E-state index in [-0.39, 0.29) is 5.91 Å². The topological polar surface area (TPSA) is 72.7 Å². The van der Waals surface area contributed by atoms with E-state index < -0.39 is 0 Å². The van der Waals surface area contributed by atoms with Crippen LogP contribution in [0, 0.1) is 0 Å². The Balaban J connectivity index is 1.45. The van der Waals surface area contributed by atoms with Gasteiger partial charge in [0.15, 0.2) is 0 Å². The molecule has 4 rings (SSSR count). The van der Waals surface area contributed by atoms with Crippen LogP contribution >= 0.6 is 0 Å². The van der Waals surface area contributed by atoms with Crippen LogP contribution in [0.2, 0.25) is 0 Å². The molecule has 0 bridgehead atoms. The Morgan fingerprint density at radius 1 is 1.00 bits per heavy atom. The van der Waals surface area contributed by atoms with Crippen molar-refractivity contribution < 1.29 is 4.79 Å². The summed E-state index contributed by atoms with van der Waals surface area (Å²) >= 11 is 0. The highest BCUT2D eigenvalue weighted by molar-refractivity contribution is 5.98. The Hall–Kier alpha value is -3.54. The van der Waals surface area contributed by atoms with Crippen LogP contribution in [0.5, 0.6) is 0 Å². The van der Waals surface area contributed by atoms with Crippen molar-refractivity contribution in [2.24, 2.45) is 0 Å². The predicted molar refractivity (Wildman–Crippen MR) is 94.3 cm³/mol. The number of carbonyl (C=O) groups excluding carboxylic acids is 1. The smallest absolute Gasteiger partial charge is 0.251 e. The van der Waals surface area contributed by atoms with E-state index in [1.54, 1.807) is 23.3 Å². The lowest BCUT2D eigenvalue weighted by Gasteiger charge is -2.04. The maximum absolute atomic E-state index is 12.4. The van der Waals surface area contributed by atoms with Crippen LogP contribution in [0.4, 0.5) is 0 Å². The molecule has 0 radical (unpaired) electrons. The standard InChI is InChI=1S/C19H15N5O/c25-19(16-6-5-14-3-1-2-4-15(14)11-16)21-12-17-13-24(23-22-17)18-7-9-20-10-8-18/h1-11,13H,12H2,(H,21,25). The first-order valence-electron chi connectivity index (χ1n) is 7.88. The van der Waals surface area contributed by atoms with Crippen molar-refractivity contribution in [1.29, 1.82) is 0 Å². The van der Waals surface area contributed by atoms with Crippen LogP contribution in [0.3, 0.4) is 0 Å². The summed E-state index contributed by atoms with van der Waals surface area (Å²) in [4.78, 5) is 16.3. The Bertz CT molecular complexity index is 1030. The van der Waals surface area contributed by atoms with Gasteiger partial charge in [-0.2, -0.15) is 0 Å². The van der Waals surface area contributed by atoms with Gasteiger partial charge in [-0.1, -0.05) is 35.5 Å². The van der Waals surface area contributed by atoms with Gasteiger partial charge in [-0.3, -0.25) is 9.78 Å². The average Bonchev–Trinajstić information content (AvgIpc) is 3.15. The van der Waals surface area contributed by atoms with E-state index in [4.69, 9.17) is 0 Å². The highest BCUT2D eigenvalue weighted by Gasteiger charge is 2.08. The molecule has 0 aliphatic carbocycles. The summed E-state index contributed by atoms with van der Waals surface area (Å²) in [7, 11) is 0. The molecule has 1 N–H and O–H groups in total. The van der Waals surface area contributed by atoms with Crippen LogP contribution in [0.15, 0.2) is 73.2 Å². The highest BCUT2D eigenvalue weighted by Crippen LogP contribution is 2.15. The molecule has 0 spiro atoms. The van der Waals surface area contributed by atoms with Gasteiger partial charge in [0, 0.05) is 18.0 Å². The number of rotatable bonds is 4. The van der Waals surface area contributed by atoms with Gasteiger partial charge < -0.3 is 5.32 Å². The molecule has 25 heavy (non-hydrogen) atoms. The Morgan fingerprint density at radius 2 is 1.80 bits per heavy atom. The first-order chi connectivity index (χ1) is 12.3. The molecule has 0 aliphatic heterocycles. The molecular weight excluding hydrogens is 314 g/mol. The number of hydrogen-bond donors (Lipinski definition) is 1. The maximum Gasteiger partial charge on any atom is 0.251 e. The lowest BCUT2D eigenvalue weighted by molar-refractivity contribution is 0.0950. The van der Waals surface area contributed by atoms with Crippen molar-refractivity contribution in [3.8, 4) is 5.69 Å². The summed E-state index contributed by atoms with van der Waals surface area (Å²) in [5.74, 6) is -0.135. The minimum atomic E-state index is -0.135. The largest absolute Gasteiger partial charge is 0.346 e. The van der Waals surface area contributed by atoms with Gasteiger partial charge >= 0.3 is 0 Å². The summed E-state index contributed by atoms with van der Waals surface area (Å²) in [5, 5.41) is 13.2. The molecule has 0 unspecified atom stereocenters. The number of aromatic nitrogens is 4. The van der Waals surface area contributed by atoms with Crippen LogP contribution in [-0.2, 0) is 6.54 Å². The Kier molecular flexibility index (Phi) is 3.92. The molecule has 0 saturated heterocycles. The van der Waals surface area contributed by atoms with E-state index in [0.29, 0.717) is 17.8 Å². The van der Waals surface area contributed by atoms with Gasteiger partial charge in [-0.05, 0) is 35.0 Å².